The molecular weight excluding hydrogens is 214 g/mol. The second-order valence-corrected chi connectivity index (χ2v) is 3.62. The van der Waals surface area contributed by atoms with E-state index in [4.69, 9.17) is 15.7 Å². The molecule has 1 aromatic heterocycles. The van der Waals surface area contributed by atoms with Crippen molar-refractivity contribution in [3.8, 4) is 17.7 Å². The summed E-state index contributed by atoms with van der Waals surface area (Å²) in [7, 11) is 0. The summed E-state index contributed by atoms with van der Waals surface area (Å²) in [4.78, 5) is 4.04. The van der Waals surface area contributed by atoms with Gasteiger partial charge in [-0.3, -0.25) is 0 Å². The van der Waals surface area contributed by atoms with Crippen LogP contribution in [0.1, 0.15) is 11.1 Å². The van der Waals surface area contributed by atoms with Crippen LogP contribution in [0.25, 0.3) is 0 Å². The van der Waals surface area contributed by atoms with E-state index in [1.807, 2.05) is 19.1 Å². The van der Waals surface area contributed by atoms with Crippen molar-refractivity contribution < 1.29 is 4.74 Å². The van der Waals surface area contributed by atoms with Crippen LogP contribution in [0.2, 0.25) is 0 Å². The highest BCUT2D eigenvalue weighted by Gasteiger charge is 2.03. The highest BCUT2D eigenvalue weighted by atomic mass is 16.5. The van der Waals surface area contributed by atoms with Gasteiger partial charge < -0.3 is 10.5 Å². The Morgan fingerprint density at radius 3 is 2.82 bits per heavy atom. The Bertz CT molecular complexity index is 587. The fourth-order valence-corrected chi connectivity index (χ4v) is 1.43. The quantitative estimate of drug-likeness (QED) is 0.797. The van der Waals surface area contributed by atoms with Crippen LogP contribution in [0.15, 0.2) is 36.5 Å². The lowest BCUT2D eigenvalue weighted by atomic mass is 10.2. The Morgan fingerprint density at radius 1 is 1.29 bits per heavy atom. The van der Waals surface area contributed by atoms with Crippen LogP contribution in [-0.2, 0) is 0 Å². The van der Waals surface area contributed by atoms with Gasteiger partial charge in [-0.25, -0.2) is 4.98 Å². The number of nitrogen functional groups attached to an aromatic ring is 1. The van der Waals surface area contributed by atoms with Crippen LogP contribution in [-0.4, -0.2) is 4.98 Å². The number of pyridine rings is 1. The lowest BCUT2D eigenvalue weighted by Crippen LogP contribution is -1.92. The van der Waals surface area contributed by atoms with E-state index in [2.05, 4.69) is 4.98 Å². The van der Waals surface area contributed by atoms with Gasteiger partial charge in [-0.05, 0) is 36.8 Å². The van der Waals surface area contributed by atoms with Gasteiger partial charge in [-0.1, -0.05) is 0 Å². The van der Waals surface area contributed by atoms with Gasteiger partial charge in [-0.15, -0.1) is 0 Å². The number of aryl methyl sites for hydroxylation is 1. The molecule has 0 aliphatic rings. The summed E-state index contributed by atoms with van der Waals surface area (Å²) in [5.41, 5.74) is 7.78. The topological polar surface area (TPSA) is 71.9 Å². The predicted octanol–water partition coefficient (Wildman–Crippen LogP) is 2.64. The summed E-state index contributed by atoms with van der Waals surface area (Å²) in [5.74, 6) is 1.08. The van der Waals surface area contributed by atoms with Gasteiger partial charge in [-0.2, -0.15) is 5.26 Å². The first-order chi connectivity index (χ1) is 8.19. The number of nitriles is 1. The largest absolute Gasteiger partial charge is 0.439 e. The monoisotopic (exact) mass is 225 g/mol. The minimum atomic E-state index is 0.400. The summed E-state index contributed by atoms with van der Waals surface area (Å²) in [6.45, 7) is 1.90. The smallest absolute Gasteiger partial charge is 0.220 e. The lowest BCUT2D eigenvalue weighted by molar-refractivity contribution is 0.459. The first-order valence-corrected chi connectivity index (χ1v) is 5.09. The normalized spacial score (nSPS) is 9.65. The number of anilines is 1. The molecule has 4 heteroatoms. The summed E-state index contributed by atoms with van der Waals surface area (Å²) in [6.07, 6.45) is 1.54. The molecule has 1 heterocycles. The van der Waals surface area contributed by atoms with Crippen LogP contribution >= 0.6 is 0 Å². The van der Waals surface area contributed by atoms with Crippen molar-refractivity contribution in [3.63, 3.8) is 0 Å². The van der Waals surface area contributed by atoms with Crippen molar-refractivity contribution in [2.45, 2.75) is 6.92 Å². The number of benzene rings is 1. The Hall–Kier alpha value is -2.54. The van der Waals surface area contributed by atoms with Crippen molar-refractivity contribution in [2.24, 2.45) is 0 Å². The third-order valence-corrected chi connectivity index (χ3v) is 2.28. The molecule has 0 atom stereocenters. The average Bonchev–Trinajstić information content (AvgIpc) is 2.33. The van der Waals surface area contributed by atoms with Crippen molar-refractivity contribution >= 4 is 5.69 Å². The molecule has 1 aromatic carbocycles. The zero-order valence-electron chi connectivity index (χ0n) is 9.34. The van der Waals surface area contributed by atoms with E-state index < -0.39 is 0 Å². The van der Waals surface area contributed by atoms with Crippen molar-refractivity contribution in [3.05, 3.63) is 47.7 Å². The van der Waals surface area contributed by atoms with E-state index in [1.165, 1.54) is 0 Å². The molecule has 84 valence electrons. The summed E-state index contributed by atoms with van der Waals surface area (Å²) < 4.78 is 5.59. The maximum absolute atomic E-state index is 8.77. The summed E-state index contributed by atoms with van der Waals surface area (Å²) >= 11 is 0. The Morgan fingerprint density at radius 2 is 2.12 bits per heavy atom. The van der Waals surface area contributed by atoms with E-state index in [0.717, 1.165) is 5.56 Å². The SMILES string of the molecule is Cc1cc(N)ccc1Oc1cc(C#N)ccn1. The number of rotatable bonds is 2. The number of hydrogen-bond acceptors (Lipinski definition) is 4. The van der Waals surface area contributed by atoms with Crippen molar-refractivity contribution in [2.75, 3.05) is 5.73 Å². The van der Waals surface area contributed by atoms with E-state index in [9.17, 15) is 0 Å². The van der Waals surface area contributed by atoms with Crippen LogP contribution < -0.4 is 10.5 Å². The van der Waals surface area contributed by atoms with E-state index in [1.54, 1.807) is 30.5 Å². The van der Waals surface area contributed by atoms with E-state index in [-0.39, 0.29) is 0 Å². The third-order valence-electron chi connectivity index (χ3n) is 2.28. The van der Waals surface area contributed by atoms with Gasteiger partial charge in [0.25, 0.3) is 0 Å². The number of hydrogen-bond donors (Lipinski definition) is 1. The van der Waals surface area contributed by atoms with Gasteiger partial charge in [0.15, 0.2) is 0 Å². The second kappa shape index (κ2) is 4.54. The lowest BCUT2D eigenvalue weighted by Gasteiger charge is -2.08. The Labute approximate surface area is 99.3 Å². The molecule has 0 saturated heterocycles. The average molecular weight is 225 g/mol. The van der Waals surface area contributed by atoms with E-state index in [0.29, 0.717) is 22.9 Å². The van der Waals surface area contributed by atoms with Crippen molar-refractivity contribution in [1.29, 1.82) is 5.26 Å². The number of nitrogens with two attached hydrogens (primary N) is 1. The molecule has 0 amide bonds. The Kier molecular flexibility index (Phi) is 2.93. The molecule has 2 rings (SSSR count). The van der Waals surface area contributed by atoms with Crippen LogP contribution in [0, 0.1) is 18.3 Å². The third kappa shape index (κ3) is 2.52. The maximum atomic E-state index is 8.77. The molecule has 0 spiro atoms. The number of aromatic nitrogens is 1. The molecular formula is C13H11N3O. The molecule has 0 bridgehead atoms. The molecule has 2 aromatic rings. The zero-order valence-corrected chi connectivity index (χ0v) is 9.34. The predicted molar refractivity (Wildman–Crippen MR) is 64.6 cm³/mol. The van der Waals surface area contributed by atoms with Gasteiger partial charge in [0, 0.05) is 18.0 Å². The highest BCUT2D eigenvalue weighted by Crippen LogP contribution is 2.25. The zero-order chi connectivity index (χ0) is 12.3. The summed E-state index contributed by atoms with van der Waals surface area (Å²) in [5, 5.41) is 8.77. The van der Waals surface area contributed by atoms with Crippen LogP contribution in [0.5, 0.6) is 11.6 Å². The molecule has 0 saturated carbocycles. The molecule has 0 fully saturated rings. The second-order valence-electron chi connectivity index (χ2n) is 3.62. The first kappa shape index (κ1) is 11.0. The maximum Gasteiger partial charge on any atom is 0.220 e. The highest BCUT2D eigenvalue weighted by molar-refractivity contribution is 5.48. The Balaban J connectivity index is 2.28. The number of ether oxygens (including phenoxy) is 1. The van der Waals surface area contributed by atoms with Crippen molar-refractivity contribution in [1.82, 2.24) is 4.98 Å². The van der Waals surface area contributed by atoms with Gasteiger partial charge in [0.1, 0.15) is 5.75 Å². The minimum absolute atomic E-state index is 0.400. The molecule has 0 aliphatic carbocycles. The van der Waals surface area contributed by atoms with E-state index >= 15 is 0 Å². The molecule has 17 heavy (non-hydrogen) atoms. The van der Waals surface area contributed by atoms with Crippen LogP contribution in [0.3, 0.4) is 0 Å². The fraction of sp³-hybridized carbons (Fsp3) is 0.0769. The fourth-order valence-electron chi connectivity index (χ4n) is 1.43. The summed E-state index contributed by atoms with van der Waals surface area (Å²) in [6, 6.07) is 10.6. The molecule has 2 N–H and O–H groups in total. The molecule has 0 aliphatic heterocycles. The number of nitrogens with zero attached hydrogens (tertiary/aromatic N) is 2. The first-order valence-electron chi connectivity index (χ1n) is 5.09. The van der Waals surface area contributed by atoms with Gasteiger partial charge >= 0.3 is 0 Å². The van der Waals surface area contributed by atoms with Crippen LogP contribution in [0.4, 0.5) is 5.69 Å². The standard InChI is InChI=1S/C13H11N3O/c1-9-6-11(15)2-3-12(9)17-13-7-10(8-14)4-5-16-13/h2-7H,15H2,1H3. The molecule has 0 unspecified atom stereocenters. The molecule has 0 radical (unpaired) electrons. The van der Waals surface area contributed by atoms with Gasteiger partial charge in [0.05, 0.1) is 11.6 Å². The minimum Gasteiger partial charge on any atom is -0.439 e. The van der Waals surface area contributed by atoms with Gasteiger partial charge in [0.2, 0.25) is 5.88 Å². The molecule has 4 nitrogen and oxygen atoms in total.